The molecule has 1 nitrogen and oxygen atoms in total. The highest BCUT2D eigenvalue weighted by atomic mass is 32.2. The Balaban J connectivity index is 1.82. The van der Waals surface area contributed by atoms with Crippen LogP contribution in [0.2, 0.25) is 0 Å². The van der Waals surface area contributed by atoms with Crippen LogP contribution in [-0.4, -0.2) is 24.1 Å². The number of hydrogen-bond donors (Lipinski definition) is 1. The van der Waals surface area contributed by atoms with Crippen LogP contribution >= 0.6 is 11.8 Å². The highest BCUT2D eigenvalue weighted by Gasteiger charge is 2.26. The Bertz CT molecular complexity index is 325. The fraction of sp³-hybridized carbons (Fsp3) is 0.600. The van der Waals surface area contributed by atoms with Gasteiger partial charge in [0.1, 0.15) is 0 Å². The number of benzene rings is 1. The quantitative estimate of drug-likeness (QED) is 0.854. The van der Waals surface area contributed by atoms with Crippen LogP contribution in [0.3, 0.4) is 0 Å². The minimum Gasteiger partial charge on any atom is -0.312 e. The van der Waals surface area contributed by atoms with E-state index in [0.29, 0.717) is 5.92 Å². The average molecular weight is 249 g/mol. The lowest BCUT2D eigenvalue weighted by Gasteiger charge is -2.22. The molecule has 2 rings (SSSR count). The molecule has 1 aliphatic carbocycles. The largest absolute Gasteiger partial charge is 0.312 e. The van der Waals surface area contributed by atoms with Crippen molar-refractivity contribution >= 4 is 11.8 Å². The molecule has 1 aromatic carbocycles. The van der Waals surface area contributed by atoms with Crippen LogP contribution in [-0.2, 0) is 0 Å². The van der Waals surface area contributed by atoms with Gasteiger partial charge in [0.25, 0.3) is 0 Å². The van der Waals surface area contributed by atoms with Gasteiger partial charge in [-0.2, -0.15) is 11.8 Å². The number of nitrogens with one attached hydrogen (secondary N) is 1. The first kappa shape index (κ1) is 13.0. The van der Waals surface area contributed by atoms with E-state index in [1.54, 1.807) is 0 Å². The molecule has 17 heavy (non-hydrogen) atoms. The van der Waals surface area contributed by atoms with E-state index in [9.17, 15) is 0 Å². The molecular weight excluding hydrogens is 226 g/mol. The van der Waals surface area contributed by atoms with E-state index in [0.717, 1.165) is 17.8 Å². The Morgan fingerprint density at radius 1 is 1.29 bits per heavy atom. The van der Waals surface area contributed by atoms with E-state index in [-0.39, 0.29) is 0 Å². The van der Waals surface area contributed by atoms with Crippen molar-refractivity contribution in [3.63, 3.8) is 0 Å². The molecule has 1 aliphatic rings. The molecule has 1 aromatic rings. The van der Waals surface area contributed by atoms with Crippen LogP contribution < -0.4 is 5.32 Å². The summed E-state index contributed by atoms with van der Waals surface area (Å²) >= 11 is 2.03. The van der Waals surface area contributed by atoms with Crippen molar-refractivity contribution in [2.24, 2.45) is 0 Å². The monoisotopic (exact) mass is 249 g/mol. The zero-order valence-electron chi connectivity index (χ0n) is 10.9. The first-order chi connectivity index (χ1) is 8.31. The van der Waals surface area contributed by atoms with Crippen LogP contribution in [0.25, 0.3) is 0 Å². The smallest absolute Gasteiger partial charge is 0.0198 e. The van der Waals surface area contributed by atoms with Crippen LogP contribution in [0.4, 0.5) is 0 Å². The topological polar surface area (TPSA) is 12.0 Å². The van der Waals surface area contributed by atoms with E-state index in [1.165, 1.54) is 24.8 Å². The van der Waals surface area contributed by atoms with Gasteiger partial charge >= 0.3 is 0 Å². The lowest BCUT2D eigenvalue weighted by molar-refractivity contribution is 0.506. The van der Waals surface area contributed by atoms with Gasteiger partial charge in [-0.25, -0.2) is 0 Å². The van der Waals surface area contributed by atoms with E-state index in [1.807, 2.05) is 11.8 Å². The van der Waals surface area contributed by atoms with Crippen LogP contribution in [0.1, 0.15) is 37.7 Å². The molecule has 0 heterocycles. The maximum Gasteiger partial charge on any atom is 0.0198 e. The summed E-state index contributed by atoms with van der Waals surface area (Å²) in [5.74, 6) is 0.610. The standard InChI is InChI=1S/C15H23NS/c1-12(13-7-4-3-5-8-13)11-16-14-9-6-10-15(14)17-2/h3-5,7-8,12,14-16H,6,9-11H2,1-2H3. The third kappa shape index (κ3) is 3.49. The first-order valence-corrected chi connectivity index (χ1v) is 7.91. The first-order valence-electron chi connectivity index (χ1n) is 6.62. The SMILES string of the molecule is CSC1CCCC1NCC(C)c1ccccc1. The minimum absolute atomic E-state index is 0.610. The second-order valence-electron chi connectivity index (χ2n) is 5.03. The van der Waals surface area contributed by atoms with Gasteiger partial charge in [0.05, 0.1) is 0 Å². The molecule has 2 heteroatoms. The predicted octanol–water partition coefficient (Wildman–Crippen LogP) is 3.66. The fourth-order valence-corrected chi connectivity index (χ4v) is 3.63. The maximum atomic E-state index is 3.76. The van der Waals surface area contributed by atoms with E-state index < -0.39 is 0 Å². The van der Waals surface area contributed by atoms with Crippen LogP contribution in [0.5, 0.6) is 0 Å². The van der Waals surface area contributed by atoms with E-state index in [2.05, 4.69) is 48.8 Å². The van der Waals surface area contributed by atoms with Crippen LogP contribution in [0.15, 0.2) is 30.3 Å². The molecule has 0 aliphatic heterocycles. The molecule has 0 radical (unpaired) electrons. The summed E-state index contributed by atoms with van der Waals surface area (Å²) in [6.07, 6.45) is 6.37. The highest BCUT2D eigenvalue weighted by molar-refractivity contribution is 7.99. The molecule has 0 saturated heterocycles. The van der Waals surface area contributed by atoms with E-state index in [4.69, 9.17) is 0 Å². The molecule has 0 bridgehead atoms. The Morgan fingerprint density at radius 2 is 2.06 bits per heavy atom. The molecule has 0 spiro atoms. The summed E-state index contributed by atoms with van der Waals surface area (Å²) in [6, 6.07) is 11.5. The summed E-state index contributed by atoms with van der Waals surface area (Å²) < 4.78 is 0. The summed E-state index contributed by atoms with van der Waals surface area (Å²) in [5, 5.41) is 4.59. The Morgan fingerprint density at radius 3 is 2.76 bits per heavy atom. The van der Waals surface area contributed by atoms with Gasteiger partial charge in [0.2, 0.25) is 0 Å². The van der Waals surface area contributed by atoms with Crippen molar-refractivity contribution in [2.75, 3.05) is 12.8 Å². The third-order valence-corrected chi connectivity index (χ3v) is 4.98. The zero-order valence-corrected chi connectivity index (χ0v) is 11.7. The van der Waals surface area contributed by atoms with Crippen molar-refractivity contribution in [3.05, 3.63) is 35.9 Å². The summed E-state index contributed by atoms with van der Waals surface area (Å²) in [6.45, 7) is 3.41. The number of hydrogen-bond acceptors (Lipinski definition) is 2. The Kier molecular flexibility index (Phi) is 4.93. The molecule has 0 amide bonds. The third-order valence-electron chi connectivity index (χ3n) is 3.81. The van der Waals surface area contributed by atoms with Gasteiger partial charge in [-0.05, 0) is 30.6 Å². The molecule has 1 fully saturated rings. The number of rotatable bonds is 5. The molecule has 1 N–H and O–H groups in total. The molecular formula is C15H23NS. The Hall–Kier alpha value is -0.470. The molecule has 94 valence electrons. The van der Waals surface area contributed by atoms with Crippen molar-refractivity contribution in [1.29, 1.82) is 0 Å². The van der Waals surface area contributed by atoms with Gasteiger partial charge in [-0.15, -0.1) is 0 Å². The van der Waals surface area contributed by atoms with Crippen molar-refractivity contribution < 1.29 is 0 Å². The molecule has 3 atom stereocenters. The molecule has 3 unspecified atom stereocenters. The predicted molar refractivity (Wildman–Crippen MR) is 77.8 cm³/mol. The van der Waals surface area contributed by atoms with Gasteiger partial charge in [-0.1, -0.05) is 43.7 Å². The van der Waals surface area contributed by atoms with Gasteiger partial charge < -0.3 is 5.32 Å². The lowest BCUT2D eigenvalue weighted by Crippen LogP contribution is -2.36. The van der Waals surface area contributed by atoms with Crippen LogP contribution in [0, 0.1) is 0 Å². The summed E-state index contributed by atoms with van der Waals surface area (Å²) in [4.78, 5) is 0. The average Bonchev–Trinajstić information content (AvgIpc) is 2.84. The van der Waals surface area contributed by atoms with Crippen molar-refractivity contribution in [3.8, 4) is 0 Å². The maximum absolute atomic E-state index is 3.76. The molecule has 1 saturated carbocycles. The minimum atomic E-state index is 0.610. The molecule has 0 aromatic heterocycles. The summed E-state index contributed by atoms with van der Waals surface area (Å²) in [5.41, 5.74) is 1.44. The van der Waals surface area contributed by atoms with Gasteiger partial charge in [0.15, 0.2) is 0 Å². The van der Waals surface area contributed by atoms with Crippen molar-refractivity contribution in [1.82, 2.24) is 5.32 Å². The normalized spacial score (nSPS) is 26.0. The van der Waals surface area contributed by atoms with Gasteiger partial charge in [-0.3, -0.25) is 0 Å². The zero-order chi connectivity index (χ0) is 12.1. The fourth-order valence-electron chi connectivity index (χ4n) is 2.67. The number of thioether (sulfide) groups is 1. The lowest BCUT2D eigenvalue weighted by atomic mass is 10.0. The Labute approximate surface area is 109 Å². The van der Waals surface area contributed by atoms with E-state index >= 15 is 0 Å². The van der Waals surface area contributed by atoms with Gasteiger partial charge in [0, 0.05) is 17.8 Å². The highest BCUT2D eigenvalue weighted by Crippen LogP contribution is 2.28. The second kappa shape index (κ2) is 6.46. The summed E-state index contributed by atoms with van der Waals surface area (Å²) in [7, 11) is 0. The second-order valence-corrected chi connectivity index (χ2v) is 6.11. The van der Waals surface area contributed by atoms with Crippen molar-refractivity contribution in [2.45, 2.75) is 43.4 Å².